The molecular weight excluding hydrogens is 823 g/mol. The molecule has 0 aromatic heterocycles. The molecule has 3 aliphatic heterocycles. The van der Waals surface area contributed by atoms with Crippen LogP contribution >= 0.6 is 0 Å². The standard InChI is InChI=1S/C50H73NO13/c1-10-36-21-29(2)20-30(3)22-43(60-8)46-44(61-9)24-32(5)50(58,64-46)47(55)48(56)51-19-12-11-16-38(51)49(57)63-45(33(6)39(53)27-40(36)54)31(4)23-34-17-18-41(42(26-34)59-7)62-37-15-13-14-35(25-37)28-52/h13-15,21,23,25,28,30,32-34,36,38-39,41-46,53,58H,10-12,16-20,22,24,26-27H2,1-9H3. The molecule has 0 radical (unpaired) electrons. The van der Waals surface area contributed by atoms with Crippen molar-refractivity contribution in [3.05, 3.63) is 53.1 Å². The average Bonchev–Trinajstić information content (AvgIpc) is 3.29. The Labute approximate surface area is 379 Å². The first-order valence-electron chi connectivity index (χ1n) is 23.3. The fourth-order valence-corrected chi connectivity index (χ4v) is 10.3. The van der Waals surface area contributed by atoms with E-state index in [1.54, 1.807) is 45.2 Å². The Hall–Kier alpha value is -3.79. The fourth-order valence-electron chi connectivity index (χ4n) is 10.3. The number of aliphatic hydroxyl groups excluding tert-OH is 1. The number of rotatable bonds is 9. The molecule has 4 aliphatic rings. The molecule has 14 nitrogen and oxygen atoms in total. The number of aliphatic hydroxyl groups is 2. The summed E-state index contributed by atoms with van der Waals surface area (Å²) in [5.41, 5.74) is 2.16. The van der Waals surface area contributed by atoms with Crippen molar-refractivity contribution in [3.8, 4) is 5.75 Å². The van der Waals surface area contributed by atoms with Gasteiger partial charge < -0.3 is 43.5 Å². The molecule has 2 bridgehead atoms. The van der Waals surface area contributed by atoms with Crippen LogP contribution in [0, 0.1) is 29.6 Å². The summed E-state index contributed by atoms with van der Waals surface area (Å²) in [6.07, 6.45) is 4.87. The summed E-state index contributed by atoms with van der Waals surface area (Å²) < 4.78 is 36.6. The van der Waals surface area contributed by atoms with E-state index in [0.717, 1.165) is 11.9 Å². The quantitative estimate of drug-likeness (QED) is 0.121. The number of carbonyl (C=O) groups is 5. The van der Waals surface area contributed by atoms with Crippen LogP contribution in [0.3, 0.4) is 0 Å². The van der Waals surface area contributed by atoms with Gasteiger partial charge in [0.05, 0.1) is 24.4 Å². The summed E-state index contributed by atoms with van der Waals surface area (Å²) in [6.45, 7) is 11.3. The summed E-state index contributed by atoms with van der Waals surface area (Å²) in [6, 6.07) is 5.82. The van der Waals surface area contributed by atoms with Gasteiger partial charge in [0.15, 0.2) is 0 Å². The predicted octanol–water partition coefficient (Wildman–Crippen LogP) is 6.37. The van der Waals surface area contributed by atoms with Crippen molar-refractivity contribution in [2.75, 3.05) is 27.9 Å². The number of ketones is 2. The van der Waals surface area contributed by atoms with Crippen molar-refractivity contribution in [1.29, 1.82) is 0 Å². The number of Topliss-reactive ketones (excluding diaryl/α,β-unsaturated/α-hetero) is 2. The van der Waals surface area contributed by atoms with E-state index in [0.29, 0.717) is 68.3 Å². The van der Waals surface area contributed by atoms with E-state index >= 15 is 0 Å². The highest BCUT2D eigenvalue weighted by molar-refractivity contribution is 6.39. The van der Waals surface area contributed by atoms with E-state index in [9.17, 15) is 34.2 Å². The van der Waals surface area contributed by atoms with Gasteiger partial charge in [-0.05, 0) is 108 Å². The van der Waals surface area contributed by atoms with Gasteiger partial charge in [-0.25, -0.2) is 4.79 Å². The van der Waals surface area contributed by atoms with Gasteiger partial charge in [-0.15, -0.1) is 0 Å². The lowest BCUT2D eigenvalue weighted by Crippen LogP contribution is -2.64. The van der Waals surface area contributed by atoms with Gasteiger partial charge in [0, 0.05) is 57.6 Å². The van der Waals surface area contributed by atoms with E-state index in [-0.39, 0.29) is 55.6 Å². The first kappa shape index (κ1) is 51.2. The minimum absolute atomic E-state index is 0.0226. The molecule has 356 valence electrons. The Bertz CT molecular complexity index is 1850. The number of hydrogen-bond acceptors (Lipinski definition) is 13. The number of hydrogen-bond donors (Lipinski definition) is 2. The number of fused-ring (bicyclic) bond motifs is 3. The zero-order chi connectivity index (χ0) is 46.9. The first-order valence-corrected chi connectivity index (χ1v) is 23.3. The molecule has 14 heteroatoms. The molecule has 1 aromatic rings. The van der Waals surface area contributed by atoms with Crippen LogP contribution in [-0.4, -0.2) is 127 Å². The maximum atomic E-state index is 14.5. The summed E-state index contributed by atoms with van der Waals surface area (Å²) >= 11 is 0. The lowest BCUT2D eigenvalue weighted by Gasteiger charge is -2.47. The topological polar surface area (TPSA) is 184 Å². The molecule has 1 aromatic carbocycles. The monoisotopic (exact) mass is 896 g/mol. The van der Waals surface area contributed by atoms with Crippen LogP contribution in [0.1, 0.15) is 123 Å². The Morgan fingerprint density at radius 2 is 1.62 bits per heavy atom. The highest BCUT2D eigenvalue weighted by atomic mass is 16.7. The molecule has 14 atom stereocenters. The van der Waals surface area contributed by atoms with E-state index in [1.807, 2.05) is 32.9 Å². The molecule has 3 heterocycles. The zero-order valence-corrected chi connectivity index (χ0v) is 39.4. The number of cyclic esters (lactones) is 1. The van der Waals surface area contributed by atoms with Crippen LogP contribution in [0.4, 0.5) is 0 Å². The number of esters is 1. The average molecular weight is 896 g/mol. The van der Waals surface area contributed by atoms with Crippen molar-refractivity contribution >= 4 is 29.7 Å². The smallest absolute Gasteiger partial charge is 0.329 e. The Morgan fingerprint density at radius 1 is 0.922 bits per heavy atom. The van der Waals surface area contributed by atoms with Crippen molar-refractivity contribution in [1.82, 2.24) is 4.90 Å². The number of ether oxygens (including phenoxy) is 6. The molecule has 3 fully saturated rings. The predicted molar refractivity (Wildman–Crippen MR) is 238 cm³/mol. The van der Waals surface area contributed by atoms with Crippen molar-refractivity contribution in [2.45, 2.75) is 167 Å². The minimum atomic E-state index is -2.52. The zero-order valence-electron chi connectivity index (χ0n) is 39.4. The molecule has 2 saturated heterocycles. The molecule has 14 unspecified atom stereocenters. The number of benzene rings is 1. The summed E-state index contributed by atoms with van der Waals surface area (Å²) in [7, 11) is 4.69. The Morgan fingerprint density at radius 3 is 2.30 bits per heavy atom. The SMILES string of the molecule is CCC1C=C(C)CC(C)CC(OC)C2OC(O)(C(=O)C(=O)N3CCCCC3C(=O)OC(C(C)=CC3CCC(Oc4cccc(C=O)c4)C(OC)C3)C(C)C(O)CC1=O)C(C)CC2OC. The van der Waals surface area contributed by atoms with Crippen LogP contribution in [0.25, 0.3) is 0 Å². The lowest BCUT2D eigenvalue weighted by molar-refractivity contribution is -0.302. The Balaban J connectivity index is 1.48. The minimum Gasteiger partial charge on any atom is -0.488 e. The van der Waals surface area contributed by atoms with Crippen LogP contribution in [0.2, 0.25) is 0 Å². The van der Waals surface area contributed by atoms with E-state index in [2.05, 4.69) is 6.92 Å². The number of carbonyl (C=O) groups excluding carboxylic acids is 5. The summed E-state index contributed by atoms with van der Waals surface area (Å²) in [5, 5.41) is 23.9. The van der Waals surface area contributed by atoms with Gasteiger partial charge >= 0.3 is 5.97 Å². The van der Waals surface area contributed by atoms with Gasteiger partial charge in [0.2, 0.25) is 5.79 Å². The maximum Gasteiger partial charge on any atom is 0.329 e. The summed E-state index contributed by atoms with van der Waals surface area (Å²) in [5.74, 6) is -7.07. The number of aldehydes is 1. The van der Waals surface area contributed by atoms with Crippen molar-refractivity contribution in [3.63, 3.8) is 0 Å². The molecule has 64 heavy (non-hydrogen) atoms. The van der Waals surface area contributed by atoms with E-state index in [1.165, 1.54) is 19.1 Å². The number of amides is 1. The van der Waals surface area contributed by atoms with Crippen LogP contribution in [0.5, 0.6) is 5.75 Å². The summed E-state index contributed by atoms with van der Waals surface area (Å²) in [4.78, 5) is 69.7. The highest BCUT2D eigenvalue weighted by Crippen LogP contribution is 2.39. The third kappa shape index (κ3) is 12.2. The molecule has 0 spiro atoms. The normalized spacial score (nSPS) is 36.9. The molecule has 1 saturated carbocycles. The lowest BCUT2D eigenvalue weighted by atomic mass is 9.81. The maximum absolute atomic E-state index is 14.5. The second-order valence-corrected chi connectivity index (χ2v) is 18.9. The van der Waals surface area contributed by atoms with Crippen LogP contribution in [0.15, 0.2) is 47.6 Å². The second-order valence-electron chi connectivity index (χ2n) is 18.9. The largest absolute Gasteiger partial charge is 0.488 e. The number of nitrogens with zero attached hydrogens (tertiary/aromatic N) is 1. The van der Waals surface area contributed by atoms with Crippen molar-refractivity contribution in [2.24, 2.45) is 29.6 Å². The third-order valence-corrected chi connectivity index (χ3v) is 14.1. The van der Waals surface area contributed by atoms with Crippen LogP contribution in [-0.2, 0) is 42.9 Å². The highest BCUT2D eigenvalue weighted by Gasteiger charge is 2.56. The van der Waals surface area contributed by atoms with Gasteiger partial charge in [-0.3, -0.25) is 19.2 Å². The van der Waals surface area contributed by atoms with Crippen molar-refractivity contribution < 1.29 is 62.6 Å². The molecular formula is C50H73NO13. The second kappa shape index (κ2) is 23.1. The number of methoxy groups -OCH3 is 3. The molecule has 1 aliphatic carbocycles. The van der Waals surface area contributed by atoms with E-state index in [4.69, 9.17) is 28.4 Å². The first-order chi connectivity index (χ1) is 30.5. The number of allylic oxidation sites excluding steroid dienone is 3. The van der Waals surface area contributed by atoms with Crippen LogP contribution < -0.4 is 4.74 Å². The molecule has 5 rings (SSSR count). The van der Waals surface area contributed by atoms with Gasteiger partial charge in [-0.1, -0.05) is 57.6 Å². The van der Waals surface area contributed by atoms with Gasteiger partial charge in [0.1, 0.15) is 42.2 Å². The molecule has 1 amide bonds. The third-order valence-electron chi connectivity index (χ3n) is 14.1. The molecule has 2 N–H and O–H groups in total. The van der Waals surface area contributed by atoms with Gasteiger partial charge in [-0.2, -0.15) is 0 Å². The van der Waals surface area contributed by atoms with E-state index < -0.39 is 77.8 Å². The number of piperidine rings is 1. The van der Waals surface area contributed by atoms with Gasteiger partial charge in [0.25, 0.3) is 11.7 Å². The Kier molecular flexibility index (Phi) is 18.5. The fraction of sp³-hybridized carbons (Fsp3) is 0.700.